The van der Waals surface area contributed by atoms with Crippen LogP contribution in [0.15, 0.2) is 59.0 Å². The van der Waals surface area contributed by atoms with Gasteiger partial charge in [0.2, 0.25) is 0 Å². The summed E-state index contributed by atoms with van der Waals surface area (Å²) in [5.74, 6) is 0. The predicted molar refractivity (Wildman–Crippen MR) is 119 cm³/mol. The molecule has 0 aliphatic carbocycles. The molecule has 0 amide bonds. The van der Waals surface area contributed by atoms with Gasteiger partial charge in [-0.2, -0.15) is 0 Å². The van der Waals surface area contributed by atoms with Crippen LogP contribution in [0.4, 0.5) is 0 Å². The summed E-state index contributed by atoms with van der Waals surface area (Å²) in [6, 6.07) is 11.8. The van der Waals surface area contributed by atoms with Gasteiger partial charge in [0.15, 0.2) is 0 Å². The van der Waals surface area contributed by atoms with Gasteiger partial charge in [-0.25, -0.2) is 4.98 Å². The molecular formula is C23H18ClN3OS. The summed E-state index contributed by atoms with van der Waals surface area (Å²) in [6.07, 6.45) is 5.48. The maximum absolute atomic E-state index is 13.5. The van der Waals surface area contributed by atoms with Gasteiger partial charge in [0.1, 0.15) is 5.01 Å². The highest BCUT2D eigenvalue weighted by molar-refractivity contribution is 7.13. The predicted octanol–water partition coefficient (Wildman–Crippen LogP) is 5.61. The molecule has 4 aromatic rings. The van der Waals surface area contributed by atoms with Crippen molar-refractivity contribution in [3.05, 3.63) is 80.8 Å². The Bertz CT molecular complexity index is 1290. The van der Waals surface area contributed by atoms with Gasteiger partial charge < -0.3 is 4.57 Å². The highest BCUT2D eigenvalue weighted by atomic mass is 35.5. The van der Waals surface area contributed by atoms with Crippen molar-refractivity contribution < 1.29 is 0 Å². The third-order valence-corrected chi connectivity index (χ3v) is 6.62. The molecule has 4 heterocycles. The zero-order chi connectivity index (χ0) is 20.0. The summed E-state index contributed by atoms with van der Waals surface area (Å²) in [4.78, 5) is 22.5. The maximum Gasteiger partial charge on any atom is 0.261 e. The van der Waals surface area contributed by atoms with Gasteiger partial charge in [-0.15, -0.1) is 11.3 Å². The first-order valence-corrected chi connectivity index (χ1v) is 10.8. The fraction of sp³-hybridized carbons (Fsp3) is 0.174. The van der Waals surface area contributed by atoms with E-state index in [4.69, 9.17) is 11.6 Å². The number of halogens is 1. The quantitative estimate of drug-likeness (QED) is 0.424. The smallest absolute Gasteiger partial charge is 0.261 e. The summed E-state index contributed by atoms with van der Waals surface area (Å²) in [5, 5.41) is 3.37. The monoisotopic (exact) mass is 419 g/mol. The topological polar surface area (TPSA) is 47.8 Å². The number of rotatable bonds is 2. The normalized spacial score (nSPS) is 12.9. The first-order valence-electron chi connectivity index (χ1n) is 9.52. The number of fused-ring (bicyclic) bond motifs is 3. The largest absolute Gasteiger partial charge is 0.307 e. The van der Waals surface area contributed by atoms with E-state index in [-0.39, 0.29) is 5.56 Å². The lowest BCUT2D eigenvalue weighted by Gasteiger charge is -2.18. The van der Waals surface area contributed by atoms with Gasteiger partial charge in [0.25, 0.3) is 5.56 Å². The Morgan fingerprint density at radius 3 is 2.76 bits per heavy atom. The van der Waals surface area contributed by atoms with E-state index in [0.717, 1.165) is 45.9 Å². The SMILES string of the molecule is Cc1csc(-c2cc(-c3ccccc3Cl)c3n(c2=O)CCCc2ccncc2-3)n1. The molecule has 0 saturated carbocycles. The molecule has 0 spiro atoms. The van der Waals surface area contributed by atoms with Crippen LogP contribution in [0.1, 0.15) is 17.7 Å². The van der Waals surface area contributed by atoms with Crippen molar-refractivity contribution in [2.75, 3.05) is 0 Å². The molecule has 29 heavy (non-hydrogen) atoms. The number of aryl methyl sites for hydroxylation is 2. The highest BCUT2D eigenvalue weighted by Gasteiger charge is 2.24. The second kappa shape index (κ2) is 7.25. The van der Waals surface area contributed by atoms with E-state index in [1.165, 1.54) is 16.9 Å². The van der Waals surface area contributed by atoms with Gasteiger partial charge >= 0.3 is 0 Å². The fourth-order valence-electron chi connectivity index (χ4n) is 3.97. The van der Waals surface area contributed by atoms with Crippen molar-refractivity contribution in [2.24, 2.45) is 0 Å². The van der Waals surface area contributed by atoms with Crippen LogP contribution in [0.2, 0.25) is 5.02 Å². The molecule has 0 atom stereocenters. The number of thiazole rings is 1. The summed E-state index contributed by atoms with van der Waals surface area (Å²) in [7, 11) is 0. The van der Waals surface area contributed by atoms with Crippen LogP contribution in [-0.2, 0) is 13.0 Å². The van der Waals surface area contributed by atoms with Crippen molar-refractivity contribution >= 4 is 22.9 Å². The first-order chi connectivity index (χ1) is 14.1. The Hall–Kier alpha value is -2.76. The van der Waals surface area contributed by atoms with E-state index in [2.05, 4.69) is 9.97 Å². The lowest BCUT2D eigenvalue weighted by molar-refractivity contribution is 0.642. The molecule has 0 N–H and O–H groups in total. The lowest BCUT2D eigenvalue weighted by Crippen LogP contribution is -2.24. The van der Waals surface area contributed by atoms with Gasteiger partial charge in [0.05, 0.1) is 11.3 Å². The molecule has 0 bridgehead atoms. The summed E-state index contributed by atoms with van der Waals surface area (Å²) >= 11 is 8.09. The van der Waals surface area contributed by atoms with E-state index in [9.17, 15) is 4.79 Å². The van der Waals surface area contributed by atoms with Gasteiger partial charge in [-0.05, 0) is 43.5 Å². The van der Waals surface area contributed by atoms with Crippen LogP contribution in [-0.4, -0.2) is 14.5 Å². The van der Waals surface area contributed by atoms with Crippen LogP contribution in [0.3, 0.4) is 0 Å². The fourth-order valence-corrected chi connectivity index (χ4v) is 5.01. The first kappa shape index (κ1) is 18.3. The Morgan fingerprint density at radius 1 is 1.10 bits per heavy atom. The van der Waals surface area contributed by atoms with Crippen LogP contribution < -0.4 is 5.56 Å². The second-order valence-electron chi connectivity index (χ2n) is 7.19. The minimum atomic E-state index is -0.0122. The molecule has 4 nitrogen and oxygen atoms in total. The molecule has 1 aromatic carbocycles. The Kier molecular flexibility index (Phi) is 4.57. The molecule has 0 radical (unpaired) electrons. The van der Waals surface area contributed by atoms with Crippen molar-refractivity contribution in [3.8, 4) is 33.0 Å². The Balaban J connectivity index is 1.91. The van der Waals surface area contributed by atoms with E-state index >= 15 is 0 Å². The number of hydrogen-bond donors (Lipinski definition) is 0. The molecule has 0 saturated heterocycles. The van der Waals surface area contributed by atoms with Crippen molar-refractivity contribution in [1.29, 1.82) is 0 Å². The van der Waals surface area contributed by atoms with Crippen LogP contribution in [0.25, 0.3) is 33.0 Å². The Morgan fingerprint density at radius 2 is 1.97 bits per heavy atom. The third-order valence-electron chi connectivity index (χ3n) is 5.30. The lowest BCUT2D eigenvalue weighted by atomic mass is 9.95. The summed E-state index contributed by atoms with van der Waals surface area (Å²) < 4.78 is 1.89. The number of hydrogen-bond acceptors (Lipinski definition) is 4. The van der Waals surface area contributed by atoms with Crippen LogP contribution >= 0.6 is 22.9 Å². The average Bonchev–Trinajstić information content (AvgIpc) is 3.06. The van der Waals surface area contributed by atoms with Gasteiger partial charge in [-0.1, -0.05) is 29.8 Å². The standard InChI is InChI=1S/C23H18ClN3OS/c1-14-13-29-22(26-14)18-11-17(16-6-2-3-7-20(16)24)21-19-12-25-9-8-15(19)5-4-10-27(21)23(18)28/h2-3,6-9,11-13H,4-5,10H2,1H3. The third kappa shape index (κ3) is 3.11. The van der Waals surface area contributed by atoms with Crippen molar-refractivity contribution in [3.63, 3.8) is 0 Å². The number of nitrogens with zero attached hydrogens (tertiary/aromatic N) is 3. The van der Waals surface area contributed by atoms with Crippen LogP contribution in [0, 0.1) is 6.92 Å². The molecule has 144 valence electrons. The molecule has 1 aliphatic rings. The van der Waals surface area contributed by atoms with E-state index < -0.39 is 0 Å². The van der Waals surface area contributed by atoms with Crippen molar-refractivity contribution in [2.45, 2.75) is 26.3 Å². The molecule has 6 heteroatoms. The van der Waals surface area contributed by atoms with E-state index in [1.54, 1.807) is 0 Å². The highest BCUT2D eigenvalue weighted by Crippen LogP contribution is 2.40. The van der Waals surface area contributed by atoms with Crippen molar-refractivity contribution in [1.82, 2.24) is 14.5 Å². The summed E-state index contributed by atoms with van der Waals surface area (Å²) in [6.45, 7) is 2.59. The van der Waals surface area contributed by atoms with Gasteiger partial charge in [-0.3, -0.25) is 9.78 Å². The van der Waals surface area contributed by atoms with Crippen LogP contribution in [0.5, 0.6) is 0 Å². The number of pyridine rings is 2. The maximum atomic E-state index is 13.5. The molecule has 3 aromatic heterocycles. The minimum absolute atomic E-state index is 0.0122. The average molecular weight is 420 g/mol. The molecule has 5 rings (SSSR count). The van der Waals surface area contributed by atoms with E-state index in [0.29, 0.717) is 17.1 Å². The molecular weight excluding hydrogens is 402 g/mol. The number of aromatic nitrogens is 3. The minimum Gasteiger partial charge on any atom is -0.307 e. The zero-order valence-electron chi connectivity index (χ0n) is 15.9. The second-order valence-corrected chi connectivity index (χ2v) is 8.45. The Labute approximate surface area is 177 Å². The van der Waals surface area contributed by atoms with E-state index in [1.807, 2.05) is 65.7 Å². The zero-order valence-corrected chi connectivity index (χ0v) is 17.4. The van der Waals surface area contributed by atoms with Gasteiger partial charge in [0, 0.05) is 51.7 Å². The molecule has 1 aliphatic heterocycles. The number of benzene rings is 1. The molecule has 0 unspecified atom stereocenters. The molecule has 0 fully saturated rings. The summed E-state index contributed by atoms with van der Waals surface area (Å²) in [5.41, 5.74) is 6.46.